The highest BCUT2D eigenvalue weighted by Gasteiger charge is 2.29. The molecule has 2 aromatic carbocycles. The van der Waals surface area contributed by atoms with Crippen LogP contribution < -0.4 is 10.6 Å². The molecule has 0 unspecified atom stereocenters. The first-order valence-electron chi connectivity index (χ1n) is 9.51. The van der Waals surface area contributed by atoms with Crippen LogP contribution in [0.1, 0.15) is 25.0 Å². The summed E-state index contributed by atoms with van der Waals surface area (Å²) in [6.07, 6.45) is -1.03. The number of carbonyl (C=O) groups is 3. The van der Waals surface area contributed by atoms with Crippen LogP contribution in [-0.4, -0.2) is 35.2 Å². The van der Waals surface area contributed by atoms with Crippen LogP contribution in [0.5, 0.6) is 0 Å². The Bertz CT molecular complexity index is 873. The number of alkyl carbamates (subject to hydrolysis) is 1. The second-order valence-electron chi connectivity index (χ2n) is 7.12. The number of rotatable bonds is 9. The molecular formula is C22H25FN2O5. The van der Waals surface area contributed by atoms with Crippen molar-refractivity contribution < 1.29 is 28.6 Å². The molecular weight excluding hydrogens is 391 g/mol. The number of carbonyl (C=O) groups excluding carboxylic acids is 2. The van der Waals surface area contributed by atoms with E-state index in [0.717, 1.165) is 5.56 Å². The average Bonchev–Trinajstić information content (AvgIpc) is 2.71. The number of amides is 2. The van der Waals surface area contributed by atoms with Crippen molar-refractivity contribution in [2.45, 2.75) is 39.0 Å². The van der Waals surface area contributed by atoms with Gasteiger partial charge in [-0.15, -0.1) is 0 Å². The summed E-state index contributed by atoms with van der Waals surface area (Å²) in [6, 6.07) is 12.4. The number of ether oxygens (including phenoxy) is 1. The van der Waals surface area contributed by atoms with Crippen LogP contribution in [-0.2, 0) is 27.4 Å². The molecule has 0 saturated carbocycles. The highest BCUT2D eigenvalue weighted by atomic mass is 19.1. The predicted molar refractivity (Wildman–Crippen MR) is 108 cm³/mol. The summed E-state index contributed by atoms with van der Waals surface area (Å²) in [5.41, 5.74) is 0.964. The molecule has 0 aliphatic carbocycles. The second kappa shape index (κ2) is 10.9. The van der Waals surface area contributed by atoms with E-state index < -0.39 is 35.9 Å². The Labute approximate surface area is 174 Å². The molecule has 8 heteroatoms. The molecule has 2 aromatic rings. The van der Waals surface area contributed by atoms with Crippen LogP contribution in [0.2, 0.25) is 0 Å². The van der Waals surface area contributed by atoms with Crippen molar-refractivity contribution in [3.8, 4) is 0 Å². The lowest BCUT2D eigenvalue weighted by atomic mass is 10.0. The van der Waals surface area contributed by atoms with Crippen LogP contribution in [0.25, 0.3) is 0 Å². The molecule has 0 aliphatic heterocycles. The van der Waals surface area contributed by atoms with Crippen molar-refractivity contribution in [2.75, 3.05) is 0 Å². The molecule has 0 saturated heterocycles. The van der Waals surface area contributed by atoms with Gasteiger partial charge in [0, 0.05) is 6.42 Å². The van der Waals surface area contributed by atoms with Gasteiger partial charge in [0.15, 0.2) is 0 Å². The van der Waals surface area contributed by atoms with Gasteiger partial charge in [0.25, 0.3) is 0 Å². The molecule has 0 aromatic heterocycles. The van der Waals surface area contributed by atoms with Crippen molar-refractivity contribution in [2.24, 2.45) is 5.92 Å². The molecule has 3 N–H and O–H groups in total. The third-order valence-corrected chi connectivity index (χ3v) is 4.43. The van der Waals surface area contributed by atoms with Gasteiger partial charge in [0.1, 0.15) is 24.5 Å². The summed E-state index contributed by atoms with van der Waals surface area (Å²) in [5.74, 6) is -2.86. The van der Waals surface area contributed by atoms with Crippen molar-refractivity contribution in [1.29, 1.82) is 0 Å². The Balaban J connectivity index is 2.11. The zero-order chi connectivity index (χ0) is 22.1. The third kappa shape index (κ3) is 6.88. The number of hydrogen-bond acceptors (Lipinski definition) is 4. The van der Waals surface area contributed by atoms with Gasteiger partial charge >= 0.3 is 12.1 Å². The van der Waals surface area contributed by atoms with E-state index in [9.17, 15) is 23.9 Å². The summed E-state index contributed by atoms with van der Waals surface area (Å²) in [4.78, 5) is 36.4. The van der Waals surface area contributed by atoms with E-state index in [1.54, 1.807) is 44.2 Å². The Morgan fingerprint density at radius 2 is 1.63 bits per heavy atom. The molecule has 160 valence electrons. The fourth-order valence-electron chi connectivity index (χ4n) is 2.77. The molecule has 0 aliphatic rings. The maximum Gasteiger partial charge on any atom is 0.408 e. The molecule has 2 amide bonds. The summed E-state index contributed by atoms with van der Waals surface area (Å²) in [6.45, 7) is 3.28. The van der Waals surface area contributed by atoms with Crippen LogP contribution in [0.4, 0.5) is 9.18 Å². The molecule has 0 bridgehead atoms. The number of halogens is 1. The van der Waals surface area contributed by atoms with Crippen LogP contribution in [0, 0.1) is 11.7 Å². The predicted octanol–water partition coefficient (Wildman–Crippen LogP) is 2.89. The van der Waals surface area contributed by atoms with Crippen LogP contribution in [0.15, 0.2) is 54.6 Å². The van der Waals surface area contributed by atoms with Crippen molar-refractivity contribution in [3.05, 3.63) is 71.5 Å². The molecule has 0 fully saturated rings. The van der Waals surface area contributed by atoms with E-state index in [0.29, 0.717) is 0 Å². The van der Waals surface area contributed by atoms with Gasteiger partial charge in [0.05, 0.1) is 0 Å². The lowest BCUT2D eigenvalue weighted by molar-refractivity contribution is -0.143. The maximum absolute atomic E-state index is 14.1. The monoisotopic (exact) mass is 416 g/mol. The lowest BCUT2D eigenvalue weighted by Crippen LogP contribution is -2.54. The van der Waals surface area contributed by atoms with Gasteiger partial charge in [-0.05, 0) is 23.1 Å². The zero-order valence-corrected chi connectivity index (χ0v) is 16.8. The van der Waals surface area contributed by atoms with Gasteiger partial charge in [0.2, 0.25) is 5.91 Å². The third-order valence-electron chi connectivity index (χ3n) is 4.43. The molecule has 0 spiro atoms. The number of carboxylic acid groups (broad SMARTS) is 1. The first kappa shape index (κ1) is 22.9. The Morgan fingerprint density at radius 3 is 2.23 bits per heavy atom. The summed E-state index contributed by atoms with van der Waals surface area (Å²) in [7, 11) is 0. The summed E-state index contributed by atoms with van der Waals surface area (Å²) >= 11 is 0. The number of aliphatic carboxylic acids is 1. The molecule has 7 nitrogen and oxygen atoms in total. The lowest BCUT2D eigenvalue weighted by Gasteiger charge is -2.23. The van der Waals surface area contributed by atoms with Crippen LogP contribution >= 0.6 is 0 Å². The summed E-state index contributed by atoms with van der Waals surface area (Å²) < 4.78 is 19.2. The number of nitrogens with one attached hydrogen (secondary N) is 2. The van der Waals surface area contributed by atoms with Crippen molar-refractivity contribution in [3.63, 3.8) is 0 Å². The van der Waals surface area contributed by atoms with Gasteiger partial charge in [-0.1, -0.05) is 62.4 Å². The number of carboxylic acids is 1. The van der Waals surface area contributed by atoms with Crippen LogP contribution in [0.3, 0.4) is 0 Å². The Hall–Kier alpha value is -3.42. The quantitative estimate of drug-likeness (QED) is 0.583. The minimum atomic E-state index is -1.22. The van der Waals surface area contributed by atoms with E-state index in [1.807, 2.05) is 6.07 Å². The fourth-order valence-corrected chi connectivity index (χ4v) is 2.77. The average molecular weight is 416 g/mol. The van der Waals surface area contributed by atoms with E-state index >= 15 is 0 Å². The van der Waals surface area contributed by atoms with E-state index in [2.05, 4.69) is 10.6 Å². The first-order chi connectivity index (χ1) is 14.3. The summed E-state index contributed by atoms with van der Waals surface area (Å²) in [5, 5.41) is 14.1. The largest absolute Gasteiger partial charge is 0.480 e. The molecule has 0 radical (unpaired) electrons. The molecule has 30 heavy (non-hydrogen) atoms. The standard InChI is InChI=1S/C22H25FN2O5/c1-14(2)19(21(27)28)25-20(26)18(12-16-10-6-7-11-17(16)23)24-22(29)30-13-15-8-4-3-5-9-15/h3-11,14,18-19H,12-13H2,1-2H3,(H,24,29)(H,25,26)(H,27,28)/t18-,19-/m0/s1. The Kier molecular flexibility index (Phi) is 8.34. The van der Waals surface area contributed by atoms with E-state index in [-0.39, 0.29) is 24.5 Å². The normalized spacial score (nSPS) is 12.7. The first-order valence-corrected chi connectivity index (χ1v) is 9.51. The topological polar surface area (TPSA) is 105 Å². The molecule has 2 atom stereocenters. The van der Waals surface area contributed by atoms with Gasteiger partial charge in [-0.3, -0.25) is 4.79 Å². The minimum Gasteiger partial charge on any atom is -0.480 e. The second-order valence-corrected chi connectivity index (χ2v) is 7.12. The van der Waals surface area contributed by atoms with Gasteiger partial charge in [-0.25, -0.2) is 14.0 Å². The van der Waals surface area contributed by atoms with Crippen molar-refractivity contribution >= 4 is 18.0 Å². The highest BCUT2D eigenvalue weighted by molar-refractivity contribution is 5.89. The fraction of sp³-hybridized carbons (Fsp3) is 0.318. The minimum absolute atomic E-state index is 0.00947. The van der Waals surface area contributed by atoms with E-state index in [4.69, 9.17) is 4.74 Å². The van der Waals surface area contributed by atoms with Gasteiger partial charge < -0.3 is 20.5 Å². The SMILES string of the molecule is CC(C)[C@H](NC(=O)[C@H](Cc1ccccc1F)NC(=O)OCc1ccccc1)C(=O)O. The maximum atomic E-state index is 14.1. The molecule has 0 heterocycles. The van der Waals surface area contributed by atoms with Gasteiger partial charge in [-0.2, -0.15) is 0 Å². The highest BCUT2D eigenvalue weighted by Crippen LogP contribution is 2.11. The number of hydrogen-bond donors (Lipinski definition) is 3. The van der Waals surface area contributed by atoms with Crippen molar-refractivity contribution in [1.82, 2.24) is 10.6 Å². The molecule has 2 rings (SSSR count). The number of benzene rings is 2. The smallest absolute Gasteiger partial charge is 0.408 e. The van der Waals surface area contributed by atoms with E-state index in [1.165, 1.54) is 18.2 Å². The zero-order valence-electron chi connectivity index (χ0n) is 16.8. The Morgan fingerprint density at radius 1 is 1.00 bits per heavy atom.